The van der Waals surface area contributed by atoms with Gasteiger partial charge < -0.3 is 14.0 Å². The molecule has 4 aromatic heterocycles. The van der Waals surface area contributed by atoms with Gasteiger partial charge in [-0.25, -0.2) is 4.98 Å². The van der Waals surface area contributed by atoms with E-state index in [2.05, 4.69) is 160 Å². The number of pyridine rings is 2. The Morgan fingerprint density at radius 3 is 2.27 bits per heavy atom. The topological polar surface area (TPSA) is 56.7 Å². The normalized spacial score (nSPS) is 13.6. The number of hydrogen-bond acceptors (Lipinski definition) is 4. The largest absolute Gasteiger partial charge is 0.486 e. The van der Waals surface area contributed by atoms with Gasteiger partial charge in [0.15, 0.2) is 0 Å². The zero-order valence-electron chi connectivity index (χ0n) is 38.0. The van der Waals surface area contributed by atoms with E-state index in [9.17, 15) is 0 Å². The second kappa shape index (κ2) is 18.5. The molecule has 63 heavy (non-hydrogen) atoms. The van der Waals surface area contributed by atoms with Crippen molar-refractivity contribution in [3.05, 3.63) is 150 Å². The second-order valence-electron chi connectivity index (χ2n) is 19.0. The third-order valence-electron chi connectivity index (χ3n) is 12.8. The van der Waals surface area contributed by atoms with Crippen LogP contribution in [-0.4, -0.2) is 27.6 Å². The quantitative estimate of drug-likeness (QED) is 0.112. The van der Waals surface area contributed by atoms with E-state index in [-0.39, 0.29) is 20.1 Å². The summed E-state index contributed by atoms with van der Waals surface area (Å²) in [6, 6.07) is 45.0. The van der Waals surface area contributed by atoms with Crippen LogP contribution in [0.15, 0.2) is 120 Å². The maximum atomic E-state index is 6.44. The molecule has 0 amide bonds. The third kappa shape index (κ3) is 8.85. The van der Waals surface area contributed by atoms with Crippen LogP contribution < -0.4 is 5.19 Å². The molecule has 7 heteroatoms. The van der Waals surface area contributed by atoms with Crippen LogP contribution in [0.1, 0.15) is 94.0 Å². The van der Waals surface area contributed by atoms with Gasteiger partial charge in [-0.3, -0.25) is 4.98 Å². The Kier molecular flexibility index (Phi) is 13.0. The Bertz CT molecular complexity index is 3040. The van der Waals surface area contributed by atoms with E-state index in [1.165, 1.54) is 66.1 Å². The third-order valence-corrected chi connectivity index (χ3v) is 14.8. The van der Waals surface area contributed by atoms with Gasteiger partial charge in [-0.05, 0) is 94.2 Å². The Morgan fingerprint density at radius 1 is 0.762 bits per heavy atom. The molecule has 1 fully saturated rings. The number of aryl methyl sites for hydroxylation is 1. The van der Waals surface area contributed by atoms with Gasteiger partial charge in [-0.1, -0.05) is 138 Å². The summed E-state index contributed by atoms with van der Waals surface area (Å²) in [6.45, 7) is 18.4. The molecule has 1 saturated carbocycles. The fourth-order valence-corrected chi connectivity index (χ4v) is 11.3. The molecular weight excluding hydrogens is 965 g/mol. The van der Waals surface area contributed by atoms with Crippen molar-refractivity contribution in [3.8, 4) is 28.3 Å². The molecule has 9 aromatic rings. The molecule has 0 aliphatic heterocycles. The number of rotatable bonds is 8. The first kappa shape index (κ1) is 44.4. The minimum absolute atomic E-state index is 0. The molecule has 0 spiro atoms. The molecule has 1 radical (unpaired) electrons. The maximum absolute atomic E-state index is 6.44. The number of fused-ring (bicyclic) bond motifs is 5. The fourth-order valence-electron chi connectivity index (χ4n) is 9.71. The number of benzene rings is 5. The van der Waals surface area contributed by atoms with Crippen molar-refractivity contribution >= 4 is 57.1 Å². The van der Waals surface area contributed by atoms with Crippen LogP contribution in [0.4, 0.5) is 0 Å². The van der Waals surface area contributed by atoms with E-state index in [1.807, 2.05) is 31.2 Å². The molecule has 0 atom stereocenters. The molecule has 5 aromatic carbocycles. The molecule has 323 valence electrons. The molecule has 1 aliphatic rings. The van der Waals surface area contributed by atoms with E-state index in [0.29, 0.717) is 17.5 Å². The summed E-state index contributed by atoms with van der Waals surface area (Å²) in [5.74, 6) is 2.32. The number of hydrogen-bond donors (Lipinski definition) is 0. The van der Waals surface area contributed by atoms with Crippen molar-refractivity contribution in [1.82, 2.24) is 19.5 Å². The fraction of sp³-hybridized carbons (Fsp3) is 0.304. The average Bonchev–Trinajstić information content (AvgIpc) is 3.84. The van der Waals surface area contributed by atoms with Crippen molar-refractivity contribution in [2.45, 2.75) is 105 Å². The molecule has 5 nitrogen and oxygen atoms in total. The summed E-state index contributed by atoms with van der Waals surface area (Å²) in [5.41, 5.74) is 12.8. The van der Waals surface area contributed by atoms with Crippen LogP contribution in [0, 0.1) is 25.0 Å². The van der Waals surface area contributed by atoms with Crippen molar-refractivity contribution < 1.29 is 24.5 Å². The Labute approximate surface area is 387 Å². The molecule has 0 bridgehead atoms. The molecule has 0 saturated heterocycles. The SMILES string of the molecule is C[Si](C)(C)c1cnc(-c2[c-]cccc2)cc1CC1CCCCC1.Cc1ccc2c(n1)oc1c(-c3nc4ccccc4n3-c3c(C(C)C)cc4ccccc4c3C(C)C)[c-]ccc12.[Ir]. The smallest absolute Gasteiger partial charge is 0.216 e. The summed E-state index contributed by atoms with van der Waals surface area (Å²) < 4.78 is 8.79. The van der Waals surface area contributed by atoms with Gasteiger partial charge in [0, 0.05) is 43.1 Å². The van der Waals surface area contributed by atoms with Gasteiger partial charge >= 0.3 is 0 Å². The Morgan fingerprint density at radius 2 is 1.52 bits per heavy atom. The van der Waals surface area contributed by atoms with Crippen molar-refractivity contribution in [2.75, 3.05) is 0 Å². The summed E-state index contributed by atoms with van der Waals surface area (Å²) in [6.07, 6.45) is 10.5. The van der Waals surface area contributed by atoms with Gasteiger partial charge in [0.1, 0.15) is 0 Å². The Hall–Kier alpha value is -5.20. The predicted octanol–water partition coefficient (Wildman–Crippen LogP) is 14.7. The van der Waals surface area contributed by atoms with Crippen LogP contribution in [0.5, 0.6) is 0 Å². The Balaban J connectivity index is 0.000000194. The number of aromatic nitrogens is 4. The molecule has 1 aliphatic carbocycles. The molecule has 0 unspecified atom stereocenters. The van der Waals surface area contributed by atoms with Crippen LogP contribution in [0.3, 0.4) is 0 Å². The number of imidazole rings is 1. The van der Waals surface area contributed by atoms with Crippen molar-refractivity contribution in [1.29, 1.82) is 0 Å². The first-order valence-electron chi connectivity index (χ1n) is 22.7. The second-order valence-corrected chi connectivity index (χ2v) is 24.0. The minimum Gasteiger partial charge on any atom is -0.486 e. The standard InChI is InChI=1S/C35H30N3O.C21H28NSi.Ir/c1-20(2)28-19-23-11-6-7-12-24(23)31(21(3)4)32(28)38-30-16-9-8-15-29(30)37-34(38)27-14-10-13-25-26-18-17-22(5)36-35(26)39-33(25)27;1-23(2,3)21-16-22-20(18-12-8-5-9-13-18)15-19(21)14-17-10-6-4-7-11-17;/h6-13,15-21H,1-5H3;5,8-9,12,15-17H,4,6-7,10-11,14H2,1-3H3;/q2*-1;. The summed E-state index contributed by atoms with van der Waals surface area (Å²) in [4.78, 5) is 14.7. The predicted molar refractivity (Wildman–Crippen MR) is 263 cm³/mol. The molecule has 10 rings (SSSR count). The van der Waals surface area contributed by atoms with Gasteiger partial charge in [0.05, 0.1) is 30.5 Å². The molecule has 4 heterocycles. The summed E-state index contributed by atoms with van der Waals surface area (Å²) in [7, 11) is -1.36. The van der Waals surface area contributed by atoms with Crippen molar-refractivity contribution in [2.24, 2.45) is 5.92 Å². The molecular formula is C56H58IrN4OSi-2. The minimum atomic E-state index is -1.36. The maximum Gasteiger partial charge on any atom is 0.216 e. The van der Waals surface area contributed by atoms with Crippen LogP contribution >= 0.6 is 0 Å². The van der Waals surface area contributed by atoms with E-state index in [0.717, 1.165) is 61.6 Å². The zero-order valence-corrected chi connectivity index (χ0v) is 41.4. The van der Waals surface area contributed by atoms with Crippen LogP contribution in [0.25, 0.3) is 72.2 Å². The number of para-hydroxylation sites is 2. The average molecular weight is 1020 g/mol. The van der Waals surface area contributed by atoms with Crippen LogP contribution in [-0.2, 0) is 26.5 Å². The van der Waals surface area contributed by atoms with Gasteiger partial charge in [-0.2, -0.15) is 0 Å². The first-order chi connectivity index (χ1) is 30.0. The van der Waals surface area contributed by atoms with E-state index >= 15 is 0 Å². The summed E-state index contributed by atoms with van der Waals surface area (Å²) in [5, 5.41) is 6.12. The van der Waals surface area contributed by atoms with E-state index in [4.69, 9.17) is 14.4 Å². The van der Waals surface area contributed by atoms with Gasteiger partial charge in [0.2, 0.25) is 5.71 Å². The summed E-state index contributed by atoms with van der Waals surface area (Å²) >= 11 is 0. The van der Waals surface area contributed by atoms with E-state index < -0.39 is 8.07 Å². The molecule has 0 N–H and O–H groups in total. The van der Waals surface area contributed by atoms with Gasteiger partial charge in [-0.15, -0.1) is 54.1 Å². The number of nitrogens with zero attached hydrogens (tertiary/aromatic N) is 4. The first-order valence-corrected chi connectivity index (χ1v) is 26.2. The monoisotopic (exact) mass is 1020 g/mol. The van der Waals surface area contributed by atoms with Gasteiger partial charge in [0.25, 0.3) is 0 Å². The van der Waals surface area contributed by atoms with E-state index in [1.54, 1.807) is 10.8 Å². The zero-order chi connectivity index (χ0) is 43.1. The van der Waals surface area contributed by atoms with Crippen LogP contribution in [0.2, 0.25) is 19.6 Å². The van der Waals surface area contributed by atoms with Crippen molar-refractivity contribution in [3.63, 3.8) is 0 Å². The number of furan rings is 1.